The molecule has 0 bridgehead atoms. The number of nitrogens with zero attached hydrogens (tertiary/aromatic N) is 1. The molecule has 1 aromatic heterocycles. The highest BCUT2D eigenvalue weighted by Gasteiger charge is 2.11. The minimum absolute atomic E-state index is 0. The lowest BCUT2D eigenvalue weighted by atomic mass is 10.1. The van der Waals surface area contributed by atoms with Crippen LogP contribution in [-0.2, 0) is 4.74 Å². The van der Waals surface area contributed by atoms with E-state index in [1.807, 2.05) is 36.4 Å². The molecule has 0 unspecified atom stereocenters. The van der Waals surface area contributed by atoms with Crippen LogP contribution in [0.1, 0.15) is 24.2 Å². The highest BCUT2D eigenvalue weighted by Crippen LogP contribution is 2.25. The molecule has 1 heterocycles. The van der Waals surface area contributed by atoms with Gasteiger partial charge in [-0.2, -0.15) is 0 Å². The van der Waals surface area contributed by atoms with Crippen LogP contribution in [0.2, 0.25) is 0 Å². The number of hydrogen-bond donors (Lipinski definition) is 1. The first-order valence-corrected chi connectivity index (χ1v) is 8.13. The average Bonchev–Trinajstić information content (AvgIpc) is 2.96. The van der Waals surface area contributed by atoms with Gasteiger partial charge < -0.3 is 14.6 Å². The van der Waals surface area contributed by atoms with Gasteiger partial charge in [-0.3, -0.25) is 0 Å². The lowest BCUT2D eigenvalue weighted by molar-refractivity contribution is 0.0466. The van der Waals surface area contributed by atoms with E-state index in [-0.39, 0.29) is 18.4 Å². The summed E-state index contributed by atoms with van der Waals surface area (Å²) in [7, 11) is 0. The summed E-state index contributed by atoms with van der Waals surface area (Å²) in [5.74, 6) is -0.266. The Morgan fingerprint density at radius 3 is 2.50 bits per heavy atom. The fraction of sp³-hybridized carbons (Fsp3) is 0.316. The molecular formula is C19H23ClN2O2. The van der Waals surface area contributed by atoms with Gasteiger partial charge in [-0.15, -0.1) is 12.4 Å². The molecule has 0 saturated heterocycles. The summed E-state index contributed by atoms with van der Waals surface area (Å²) in [6.07, 6.45) is 0. The van der Waals surface area contributed by atoms with Gasteiger partial charge >= 0.3 is 5.97 Å². The molecule has 0 spiro atoms. The number of ether oxygens (including phenoxy) is 1. The molecule has 2 aromatic carbocycles. The van der Waals surface area contributed by atoms with Crippen molar-refractivity contribution in [3.63, 3.8) is 0 Å². The Bertz CT molecular complexity index is 824. The van der Waals surface area contributed by atoms with Crippen LogP contribution in [0.5, 0.6) is 0 Å². The molecule has 1 N–H and O–H groups in total. The predicted molar refractivity (Wildman–Crippen MR) is 101 cm³/mol. The third-order valence-corrected chi connectivity index (χ3v) is 4.28. The van der Waals surface area contributed by atoms with Gasteiger partial charge in [-0.1, -0.05) is 38.1 Å². The van der Waals surface area contributed by atoms with Crippen LogP contribution >= 0.6 is 12.4 Å². The minimum Gasteiger partial charge on any atom is -0.461 e. The van der Waals surface area contributed by atoms with E-state index in [0.717, 1.165) is 36.1 Å². The maximum atomic E-state index is 12.2. The molecule has 5 heteroatoms. The van der Waals surface area contributed by atoms with Gasteiger partial charge in [0, 0.05) is 28.4 Å². The molecular weight excluding hydrogens is 324 g/mol. The van der Waals surface area contributed by atoms with Gasteiger partial charge in [-0.05, 0) is 31.3 Å². The number of hydrogen-bond acceptors (Lipinski definition) is 3. The van der Waals surface area contributed by atoms with E-state index in [0.29, 0.717) is 12.2 Å². The molecule has 0 aliphatic heterocycles. The van der Waals surface area contributed by atoms with Gasteiger partial charge in [0.2, 0.25) is 0 Å². The van der Waals surface area contributed by atoms with Crippen LogP contribution in [-0.4, -0.2) is 42.1 Å². The first-order chi connectivity index (χ1) is 11.2. The van der Waals surface area contributed by atoms with E-state index in [4.69, 9.17) is 4.74 Å². The summed E-state index contributed by atoms with van der Waals surface area (Å²) in [5.41, 5.74) is 2.63. The zero-order chi connectivity index (χ0) is 16.2. The summed E-state index contributed by atoms with van der Waals surface area (Å²) in [6.45, 7) is 7.34. The molecule has 4 nitrogen and oxygen atoms in total. The van der Waals surface area contributed by atoms with Crippen LogP contribution in [0.25, 0.3) is 21.8 Å². The van der Waals surface area contributed by atoms with E-state index in [9.17, 15) is 4.79 Å². The van der Waals surface area contributed by atoms with Gasteiger partial charge in [0.05, 0.1) is 5.56 Å². The first-order valence-electron chi connectivity index (χ1n) is 8.13. The molecule has 24 heavy (non-hydrogen) atoms. The first kappa shape index (κ1) is 18.3. The Balaban J connectivity index is 0.00000208. The third-order valence-electron chi connectivity index (χ3n) is 4.28. The summed E-state index contributed by atoms with van der Waals surface area (Å²) < 4.78 is 5.39. The number of nitrogens with one attached hydrogen (secondary N) is 1. The molecule has 0 saturated carbocycles. The number of benzene rings is 2. The molecule has 0 fully saturated rings. The zero-order valence-electron chi connectivity index (χ0n) is 14.0. The fourth-order valence-corrected chi connectivity index (χ4v) is 2.87. The maximum Gasteiger partial charge on any atom is 0.338 e. The lowest BCUT2D eigenvalue weighted by Crippen LogP contribution is -2.27. The normalized spacial score (nSPS) is 11.0. The van der Waals surface area contributed by atoms with Crippen molar-refractivity contribution >= 4 is 40.2 Å². The monoisotopic (exact) mass is 346 g/mol. The van der Waals surface area contributed by atoms with Crippen molar-refractivity contribution in [2.24, 2.45) is 0 Å². The number of aromatic nitrogens is 1. The number of esters is 1. The van der Waals surface area contributed by atoms with Crippen molar-refractivity contribution in [2.75, 3.05) is 26.2 Å². The van der Waals surface area contributed by atoms with E-state index in [1.54, 1.807) is 0 Å². The fourth-order valence-electron chi connectivity index (χ4n) is 2.87. The number of carbonyl (C=O) groups is 1. The van der Waals surface area contributed by atoms with Gasteiger partial charge in [0.25, 0.3) is 0 Å². The van der Waals surface area contributed by atoms with Crippen LogP contribution in [0, 0.1) is 0 Å². The van der Waals surface area contributed by atoms with E-state index < -0.39 is 0 Å². The quantitative estimate of drug-likeness (QED) is 0.679. The van der Waals surface area contributed by atoms with Gasteiger partial charge in [0.15, 0.2) is 0 Å². The molecule has 0 amide bonds. The molecule has 0 radical (unpaired) electrons. The summed E-state index contributed by atoms with van der Waals surface area (Å²) in [4.78, 5) is 17.8. The number of halogens is 1. The number of para-hydroxylation sites is 1. The number of likely N-dealkylation sites (N-methyl/N-ethyl adjacent to an activating group) is 1. The molecule has 0 aliphatic rings. The predicted octanol–water partition coefficient (Wildman–Crippen LogP) is 4.24. The number of carbonyl (C=O) groups excluding carboxylic acids is 1. The topological polar surface area (TPSA) is 45.3 Å². The standard InChI is InChI=1S/C19H22N2O2.ClH/c1-3-21(4-2)11-12-23-19(22)14-9-10-16-15-7-5-6-8-17(15)20-18(16)13-14;/h5-10,13,20H,3-4,11-12H2,1-2H3;1H. The second kappa shape index (κ2) is 8.18. The second-order valence-electron chi connectivity index (χ2n) is 5.59. The van der Waals surface area contributed by atoms with Gasteiger partial charge in [0.1, 0.15) is 6.61 Å². The number of rotatable bonds is 6. The number of fused-ring (bicyclic) bond motifs is 3. The molecule has 128 valence electrons. The van der Waals surface area contributed by atoms with Crippen LogP contribution in [0.15, 0.2) is 42.5 Å². The minimum atomic E-state index is -0.266. The van der Waals surface area contributed by atoms with Crippen molar-refractivity contribution in [3.05, 3.63) is 48.0 Å². The number of aromatic amines is 1. The summed E-state index contributed by atoms with van der Waals surface area (Å²) >= 11 is 0. The largest absolute Gasteiger partial charge is 0.461 e. The SMILES string of the molecule is CCN(CC)CCOC(=O)c1ccc2c(c1)[nH]c1ccccc12.Cl. The zero-order valence-corrected chi connectivity index (χ0v) is 14.9. The average molecular weight is 347 g/mol. The Hall–Kier alpha value is -2.04. The Labute approximate surface area is 148 Å². The molecule has 0 atom stereocenters. The Morgan fingerprint density at radius 1 is 1.04 bits per heavy atom. The van der Waals surface area contributed by atoms with E-state index in [1.165, 1.54) is 5.39 Å². The van der Waals surface area contributed by atoms with Crippen molar-refractivity contribution in [1.82, 2.24) is 9.88 Å². The maximum absolute atomic E-state index is 12.2. The van der Waals surface area contributed by atoms with Crippen molar-refractivity contribution in [1.29, 1.82) is 0 Å². The second-order valence-corrected chi connectivity index (χ2v) is 5.59. The number of H-pyrrole nitrogens is 1. The van der Waals surface area contributed by atoms with Crippen LogP contribution < -0.4 is 0 Å². The van der Waals surface area contributed by atoms with Crippen molar-refractivity contribution < 1.29 is 9.53 Å². The summed E-state index contributed by atoms with van der Waals surface area (Å²) in [6, 6.07) is 13.8. The molecule has 3 rings (SSSR count). The Morgan fingerprint density at radius 2 is 1.75 bits per heavy atom. The lowest BCUT2D eigenvalue weighted by Gasteiger charge is -2.17. The smallest absolute Gasteiger partial charge is 0.338 e. The highest BCUT2D eigenvalue weighted by atomic mass is 35.5. The third kappa shape index (κ3) is 3.71. The molecule has 0 aliphatic carbocycles. The molecule has 3 aromatic rings. The Kier molecular flexibility index (Phi) is 6.23. The summed E-state index contributed by atoms with van der Waals surface area (Å²) in [5, 5.41) is 2.30. The van der Waals surface area contributed by atoms with Crippen LogP contribution in [0.3, 0.4) is 0 Å². The van der Waals surface area contributed by atoms with Crippen molar-refractivity contribution in [3.8, 4) is 0 Å². The van der Waals surface area contributed by atoms with E-state index >= 15 is 0 Å². The van der Waals surface area contributed by atoms with Gasteiger partial charge in [-0.25, -0.2) is 4.79 Å². The highest BCUT2D eigenvalue weighted by molar-refractivity contribution is 6.08. The van der Waals surface area contributed by atoms with Crippen molar-refractivity contribution in [2.45, 2.75) is 13.8 Å². The van der Waals surface area contributed by atoms with E-state index in [2.05, 4.69) is 29.8 Å². The van der Waals surface area contributed by atoms with Crippen LogP contribution in [0.4, 0.5) is 0 Å².